The van der Waals surface area contributed by atoms with Crippen LogP contribution in [0, 0.1) is 0 Å². The van der Waals surface area contributed by atoms with E-state index in [1.54, 1.807) is 12.3 Å². The smallest absolute Gasteiger partial charge is 0.247 e. The molecule has 0 aliphatic heterocycles. The second kappa shape index (κ2) is 10.5. The van der Waals surface area contributed by atoms with Gasteiger partial charge in [-0.1, -0.05) is 61.2 Å². The van der Waals surface area contributed by atoms with E-state index in [9.17, 15) is 4.79 Å². The molecule has 0 aliphatic rings. The van der Waals surface area contributed by atoms with Crippen molar-refractivity contribution in [3.63, 3.8) is 0 Å². The van der Waals surface area contributed by atoms with Crippen LogP contribution < -0.4 is 15.8 Å². The highest BCUT2D eigenvalue weighted by atomic mass is 16.5. The van der Waals surface area contributed by atoms with Gasteiger partial charge in [0.1, 0.15) is 17.9 Å². The molecule has 0 aliphatic carbocycles. The molecule has 5 rings (SSSR count). The summed E-state index contributed by atoms with van der Waals surface area (Å²) in [5.74, 6) is 1.26. The van der Waals surface area contributed by atoms with Gasteiger partial charge in [-0.3, -0.25) is 4.79 Å². The molecule has 0 unspecified atom stereocenters. The Bertz CT molecular complexity index is 1570. The first-order valence-corrected chi connectivity index (χ1v) is 11.6. The van der Waals surface area contributed by atoms with Crippen LogP contribution >= 0.6 is 0 Å². The van der Waals surface area contributed by atoms with E-state index in [1.807, 2.05) is 84.9 Å². The second-order valence-corrected chi connectivity index (χ2v) is 8.10. The third-order valence-electron chi connectivity index (χ3n) is 5.69. The molecule has 5 aromatic rings. The Kier molecular flexibility index (Phi) is 6.67. The Morgan fingerprint density at radius 3 is 2.38 bits per heavy atom. The zero-order valence-corrected chi connectivity index (χ0v) is 19.8. The number of carbonyl (C=O) groups is 1. The zero-order chi connectivity index (χ0) is 25.6. The SMILES string of the molecule is C=CC(=O)Nc1cccc(-c2ccccc2-c2ncnc(N)c2-c2ccc(Oc3ccccn3)cc2)c1. The van der Waals surface area contributed by atoms with Gasteiger partial charge in [-0.25, -0.2) is 15.0 Å². The number of rotatable bonds is 7. The van der Waals surface area contributed by atoms with Gasteiger partial charge in [0.15, 0.2) is 0 Å². The predicted octanol–water partition coefficient (Wildman–Crippen LogP) is 6.37. The molecule has 0 saturated heterocycles. The van der Waals surface area contributed by atoms with E-state index < -0.39 is 0 Å². The van der Waals surface area contributed by atoms with E-state index in [0.717, 1.165) is 27.8 Å². The fraction of sp³-hybridized carbons (Fsp3) is 0. The highest BCUT2D eigenvalue weighted by Gasteiger charge is 2.17. The first kappa shape index (κ1) is 23.4. The number of ether oxygens (including phenoxy) is 1. The number of carbonyl (C=O) groups excluding carboxylic acids is 1. The number of nitrogens with one attached hydrogen (secondary N) is 1. The van der Waals surface area contributed by atoms with Crippen LogP contribution in [0.4, 0.5) is 11.5 Å². The first-order chi connectivity index (χ1) is 18.1. The second-order valence-electron chi connectivity index (χ2n) is 8.10. The molecule has 0 radical (unpaired) electrons. The van der Waals surface area contributed by atoms with Crippen LogP contribution in [0.1, 0.15) is 0 Å². The van der Waals surface area contributed by atoms with Crippen molar-refractivity contribution in [2.75, 3.05) is 11.1 Å². The van der Waals surface area contributed by atoms with Crippen molar-refractivity contribution in [1.82, 2.24) is 15.0 Å². The summed E-state index contributed by atoms with van der Waals surface area (Å²) in [5, 5.41) is 2.81. The number of aromatic nitrogens is 3. The number of pyridine rings is 1. The Morgan fingerprint density at radius 1 is 0.838 bits per heavy atom. The average molecular weight is 486 g/mol. The average Bonchev–Trinajstić information content (AvgIpc) is 2.94. The molecule has 37 heavy (non-hydrogen) atoms. The number of nitrogens with zero attached hydrogens (tertiary/aromatic N) is 3. The quantitative estimate of drug-likeness (QED) is 0.260. The van der Waals surface area contributed by atoms with E-state index in [0.29, 0.717) is 28.8 Å². The molecule has 3 aromatic carbocycles. The summed E-state index contributed by atoms with van der Waals surface area (Å²) < 4.78 is 5.83. The van der Waals surface area contributed by atoms with Crippen LogP contribution in [0.5, 0.6) is 11.6 Å². The summed E-state index contributed by atoms with van der Waals surface area (Å²) in [6, 6.07) is 28.6. The predicted molar refractivity (Wildman–Crippen MR) is 146 cm³/mol. The fourth-order valence-corrected chi connectivity index (χ4v) is 4.00. The molecule has 0 atom stereocenters. The van der Waals surface area contributed by atoms with Crippen molar-refractivity contribution >= 4 is 17.4 Å². The Balaban J connectivity index is 1.55. The van der Waals surface area contributed by atoms with Gasteiger partial charge in [-0.15, -0.1) is 0 Å². The lowest BCUT2D eigenvalue weighted by atomic mass is 9.93. The number of anilines is 2. The third-order valence-corrected chi connectivity index (χ3v) is 5.69. The summed E-state index contributed by atoms with van der Waals surface area (Å²) in [5.41, 5.74) is 12.1. The minimum atomic E-state index is -0.272. The Morgan fingerprint density at radius 2 is 1.62 bits per heavy atom. The lowest BCUT2D eigenvalue weighted by Crippen LogP contribution is -2.07. The largest absolute Gasteiger partial charge is 0.439 e. The molecule has 0 bridgehead atoms. The van der Waals surface area contributed by atoms with Crippen molar-refractivity contribution in [3.8, 4) is 45.1 Å². The molecule has 0 spiro atoms. The monoisotopic (exact) mass is 485 g/mol. The summed E-state index contributed by atoms with van der Waals surface area (Å²) in [6.07, 6.45) is 4.38. The lowest BCUT2D eigenvalue weighted by molar-refractivity contribution is -0.111. The van der Waals surface area contributed by atoms with Crippen molar-refractivity contribution in [2.45, 2.75) is 0 Å². The van der Waals surface area contributed by atoms with Crippen LogP contribution in [0.3, 0.4) is 0 Å². The maximum absolute atomic E-state index is 11.8. The number of hydrogen-bond acceptors (Lipinski definition) is 6. The normalized spacial score (nSPS) is 10.5. The van der Waals surface area contributed by atoms with Crippen molar-refractivity contribution in [2.24, 2.45) is 0 Å². The maximum Gasteiger partial charge on any atom is 0.247 e. The van der Waals surface area contributed by atoms with Gasteiger partial charge in [0.05, 0.1) is 11.3 Å². The van der Waals surface area contributed by atoms with Gasteiger partial charge in [-0.2, -0.15) is 0 Å². The molecule has 2 heterocycles. The number of amides is 1. The molecule has 7 nitrogen and oxygen atoms in total. The highest BCUT2D eigenvalue weighted by Crippen LogP contribution is 2.39. The minimum absolute atomic E-state index is 0.272. The summed E-state index contributed by atoms with van der Waals surface area (Å²) in [6.45, 7) is 3.52. The van der Waals surface area contributed by atoms with Crippen molar-refractivity contribution in [3.05, 3.63) is 116 Å². The van der Waals surface area contributed by atoms with E-state index in [-0.39, 0.29) is 5.91 Å². The Labute approximate surface area is 214 Å². The standard InChI is InChI=1S/C30H23N5O2/c1-2-26(36)35-22-9-7-8-21(18-22)24-10-3-4-11-25(24)29-28(30(31)34-19-33-29)20-13-15-23(16-14-20)37-27-12-5-6-17-32-27/h2-19H,1H2,(H,35,36)(H2,31,33,34). The maximum atomic E-state index is 11.8. The van der Waals surface area contributed by atoms with E-state index in [2.05, 4.69) is 26.8 Å². The Hall–Kier alpha value is -5.30. The number of nitrogens with two attached hydrogens (primary N) is 1. The fourth-order valence-electron chi connectivity index (χ4n) is 4.00. The lowest BCUT2D eigenvalue weighted by Gasteiger charge is -2.15. The van der Waals surface area contributed by atoms with Crippen LogP contribution in [0.25, 0.3) is 33.5 Å². The molecular formula is C30H23N5O2. The molecular weight excluding hydrogens is 462 g/mol. The molecule has 0 fully saturated rings. The first-order valence-electron chi connectivity index (χ1n) is 11.6. The number of hydrogen-bond donors (Lipinski definition) is 2. The van der Waals surface area contributed by atoms with Crippen LogP contribution in [0.2, 0.25) is 0 Å². The number of nitrogen functional groups attached to an aromatic ring is 1. The van der Waals surface area contributed by atoms with Gasteiger partial charge >= 0.3 is 0 Å². The van der Waals surface area contributed by atoms with Gasteiger partial charge in [0, 0.05) is 23.5 Å². The number of benzene rings is 3. The molecule has 7 heteroatoms. The van der Waals surface area contributed by atoms with Gasteiger partial charge in [0.25, 0.3) is 0 Å². The minimum Gasteiger partial charge on any atom is -0.439 e. The summed E-state index contributed by atoms with van der Waals surface area (Å²) in [7, 11) is 0. The van der Waals surface area contributed by atoms with Crippen molar-refractivity contribution < 1.29 is 9.53 Å². The van der Waals surface area contributed by atoms with E-state index >= 15 is 0 Å². The zero-order valence-electron chi connectivity index (χ0n) is 19.8. The van der Waals surface area contributed by atoms with E-state index in [4.69, 9.17) is 10.5 Å². The van der Waals surface area contributed by atoms with Crippen LogP contribution in [-0.2, 0) is 4.79 Å². The topological polar surface area (TPSA) is 103 Å². The van der Waals surface area contributed by atoms with Gasteiger partial charge in [0.2, 0.25) is 11.8 Å². The molecule has 1 amide bonds. The molecule has 2 aromatic heterocycles. The third kappa shape index (κ3) is 5.21. The van der Waals surface area contributed by atoms with Gasteiger partial charge in [-0.05, 0) is 53.1 Å². The van der Waals surface area contributed by atoms with Crippen LogP contribution in [-0.4, -0.2) is 20.9 Å². The highest BCUT2D eigenvalue weighted by molar-refractivity contribution is 6.00. The molecule has 0 saturated carbocycles. The molecule has 3 N–H and O–H groups in total. The van der Waals surface area contributed by atoms with E-state index in [1.165, 1.54) is 12.4 Å². The summed E-state index contributed by atoms with van der Waals surface area (Å²) in [4.78, 5) is 24.9. The summed E-state index contributed by atoms with van der Waals surface area (Å²) >= 11 is 0. The molecule has 180 valence electrons. The van der Waals surface area contributed by atoms with Crippen molar-refractivity contribution in [1.29, 1.82) is 0 Å². The van der Waals surface area contributed by atoms with Crippen LogP contribution in [0.15, 0.2) is 116 Å². The van der Waals surface area contributed by atoms with Gasteiger partial charge < -0.3 is 15.8 Å².